The topological polar surface area (TPSA) is 83.6 Å². The van der Waals surface area contributed by atoms with Crippen LogP contribution in [0.15, 0.2) is 17.5 Å². The van der Waals surface area contributed by atoms with Crippen LogP contribution in [0.2, 0.25) is 0 Å². The molecule has 0 saturated heterocycles. The Kier molecular flexibility index (Phi) is 3.98. The molecule has 98 valence electrons. The summed E-state index contributed by atoms with van der Waals surface area (Å²) < 4.78 is 0. The van der Waals surface area contributed by atoms with E-state index in [2.05, 4.69) is 0 Å². The molecular weight excluding hydrogens is 252 g/mol. The molecule has 3 N–H and O–H groups in total. The number of nitrogens with two attached hydrogens (primary N) is 1. The largest absolute Gasteiger partial charge is 0.481 e. The molecule has 1 aliphatic carbocycles. The van der Waals surface area contributed by atoms with Gasteiger partial charge >= 0.3 is 5.97 Å². The number of rotatable bonds is 6. The number of carboxylic acid groups (broad SMARTS) is 1. The van der Waals surface area contributed by atoms with Gasteiger partial charge in [-0.2, -0.15) is 0 Å². The number of hydrogen-bond donors (Lipinski definition) is 2. The Hall–Kier alpha value is -1.40. The van der Waals surface area contributed by atoms with E-state index in [4.69, 9.17) is 10.8 Å². The predicted octanol–water partition coefficient (Wildman–Crippen LogP) is 1.04. The number of hydrogen-bond acceptors (Lipinski definition) is 4. The second kappa shape index (κ2) is 5.49. The number of nitrogens with zero attached hydrogens (tertiary/aromatic N) is 1. The number of carbonyl (C=O) groups excluding carboxylic acids is 1. The van der Waals surface area contributed by atoms with E-state index in [1.165, 1.54) is 0 Å². The SMILES string of the molecule is NC(CC(=O)O)C(=O)N(Cc1cccs1)C1CC1. The standard InChI is InChI=1S/C12H16N2O3S/c13-10(6-11(15)16)12(17)14(8-3-4-8)7-9-2-1-5-18-9/h1-2,5,8,10H,3-4,6-7,13H2,(H,15,16). The molecule has 1 fully saturated rings. The maximum atomic E-state index is 12.1. The van der Waals surface area contributed by atoms with Crippen molar-refractivity contribution in [1.82, 2.24) is 4.90 Å². The van der Waals surface area contributed by atoms with Crippen LogP contribution in [0.25, 0.3) is 0 Å². The van der Waals surface area contributed by atoms with Crippen LogP contribution in [0, 0.1) is 0 Å². The maximum Gasteiger partial charge on any atom is 0.305 e. The van der Waals surface area contributed by atoms with Gasteiger partial charge in [-0.15, -0.1) is 11.3 Å². The fourth-order valence-electron chi connectivity index (χ4n) is 1.83. The molecule has 0 aliphatic heterocycles. The van der Waals surface area contributed by atoms with Gasteiger partial charge in [-0.25, -0.2) is 0 Å². The Balaban J connectivity index is 2.00. The first-order chi connectivity index (χ1) is 8.58. The van der Waals surface area contributed by atoms with Gasteiger partial charge in [0.15, 0.2) is 0 Å². The molecule has 2 rings (SSSR count). The van der Waals surface area contributed by atoms with Gasteiger partial charge in [-0.1, -0.05) is 6.07 Å². The molecule has 1 amide bonds. The summed E-state index contributed by atoms with van der Waals surface area (Å²) >= 11 is 1.59. The minimum absolute atomic E-state index is 0.236. The Bertz CT molecular complexity index is 429. The van der Waals surface area contributed by atoms with Crippen molar-refractivity contribution in [2.45, 2.75) is 37.9 Å². The highest BCUT2D eigenvalue weighted by Crippen LogP contribution is 2.29. The number of carbonyl (C=O) groups is 2. The Labute approximate surface area is 109 Å². The van der Waals surface area contributed by atoms with Gasteiger partial charge in [-0.3, -0.25) is 9.59 Å². The van der Waals surface area contributed by atoms with E-state index in [-0.39, 0.29) is 18.4 Å². The van der Waals surface area contributed by atoms with Gasteiger partial charge in [-0.05, 0) is 24.3 Å². The third kappa shape index (κ3) is 3.30. The Morgan fingerprint density at radius 1 is 1.56 bits per heavy atom. The Morgan fingerprint density at radius 2 is 2.28 bits per heavy atom. The molecule has 0 aromatic carbocycles. The van der Waals surface area contributed by atoms with Crippen molar-refractivity contribution in [3.8, 4) is 0 Å². The molecule has 0 bridgehead atoms. The van der Waals surface area contributed by atoms with Crippen molar-refractivity contribution in [1.29, 1.82) is 0 Å². The normalized spacial score (nSPS) is 16.3. The van der Waals surface area contributed by atoms with E-state index in [0.717, 1.165) is 17.7 Å². The molecule has 6 heteroatoms. The molecule has 1 aliphatic rings. The van der Waals surface area contributed by atoms with E-state index in [1.807, 2.05) is 17.5 Å². The van der Waals surface area contributed by atoms with Crippen LogP contribution in [0.3, 0.4) is 0 Å². The van der Waals surface area contributed by atoms with Crippen molar-refractivity contribution < 1.29 is 14.7 Å². The van der Waals surface area contributed by atoms with Crippen molar-refractivity contribution >= 4 is 23.2 Å². The number of amides is 1. The molecular formula is C12H16N2O3S. The maximum absolute atomic E-state index is 12.1. The van der Waals surface area contributed by atoms with Crippen LogP contribution in [-0.2, 0) is 16.1 Å². The number of aliphatic carboxylic acids is 1. The summed E-state index contributed by atoms with van der Waals surface area (Å²) in [6, 6.07) is 3.20. The van der Waals surface area contributed by atoms with E-state index >= 15 is 0 Å². The summed E-state index contributed by atoms with van der Waals surface area (Å²) in [7, 11) is 0. The highest BCUT2D eigenvalue weighted by Gasteiger charge is 2.35. The third-order valence-electron chi connectivity index (χ3n) is 2.89. The summed E-state index contributed by atoms with van der Waals surface area (Å²) in [4.78, 5) is 25.5. The van der Waals surface area contributed by atoms with Crippen LogP contribution in [0.1, 0.15) is 24.1 Å². The molecule has 0 spiro atoms. The smallest absolute Gasteiger partial charge is 0.305 e. The van der Waals surface area contributed by atoms with Gasteiger partial charge in [0.05, 0.1) is 19.0 Å². The van der Waals surface area contributed by atoms with Crippen molar-refractivity contribution in [2.24, 2.45) is 5.73 Å². The fourth-order valence-corrected chi connectivity index (χ4v) is 2.53. The minimum atomic E-state index is -1.04. The van der Waals surface area contributed by atoms with Crippen LogP contribution in [-0.4, -0.2) is 34.0 Å². The zero-order valence-corrected chi connectivity index (χ0v) is 10.7. The average Bonchev–Trinajstić information content (AvgIpc) is 3.02. The Morgan fingerprint density at radius 3 is 2.78 bits per heavy atom. The second-order valence-electron chi connectivity index (χ2n) is 4.48. The third-order valence-corrected chi connectivity index (χ3v) is 3.75. The molecule has 1 heterocycles. The predicted molar refractivity (Wildman–Crippen MR) is 68.1 cm³/mol. The minimum Gasteiger partial charge on any atom is -0.481 e. The molecule has 0 radical (unpaired) electrons. The molecule has 1 aromatic rings. The van der Waals surface area contributed by atoms with Crippen LogP contribution in [0.4, 0.5) is 0 Å². The lowest BCUT2D eigenvalue weighted by Crippen LogP contribution is -2.45. The van der Waals surface area contributed by atoms with Gasteiger partial charge in [0, 0.05) is 10.9 Å². The van der Waals surface area contributed by atoms with Crippen LogP contribution < -0.4 is 5.73 Å². The second-order valence-corrected chi connectivity index (χ2v) is 5.51. The summed E-state index contributed by atoms with van der Waals surface area (Å²) in [6.45, 7) is 0.536. The van der Waals surface area contributed by atoms with E-state index in [1.54, 1.807) is 16.2 Å². The lowest BCUT2D eigenvalue weighted by molar-refractivity contribution is -0.142. The molecule has 1 aromatic heterocycles. The lowest BCUT2D eigenvalue weighted by Gasteiger charge is -2.24. The van der Waals surface area contributed by atoms with Crippen LogP contribution in [0.5, 0.6) is 0 Å². The molecule has 1 saturated carbocycles. The molecule has 5 nitrogen and oxygen atoms in total. The molecule has 1 unspecified atom stereocenters. The summed E-state index contributed by atoms with van der Waals surface area (Å²) in [6.07, 6.45) is 1.65. The highest BCUT2D eigenvalue weighted by atomic mass is 32.1. The van der Waals surface area contributed by atoms with Gasteiger partial charge in [0.25, 0.3) is 0 Å². The zero-order valence-electron chi connectivity index (χ0n) is 9.91. The summed E-state index contributed by atoms with van der Waals surface area (Å²) in [5.41, 5.74) is 5.64. The summed E-state index contributed by atoms with van der Waals surface area (Å²) in [5.74, 6) is -1.30. The van der Waals surface area contributed by atoms with Gasteiger partial charge in [0.1, 0.15) is 0 Å². The van der Waals surface area contributed by atoms with E-state index in [9.17, 15) is 9.59 Å². The molecule has 18 heavy (non-hydrogen) atoms. The van der Waals surface area contributed by atoms with Crippen molar-refractivity contribution in [3.63, 3.8) is 0 Å². The number of carboxylic acids is 1. The summed E-state index contributed by atoms with van der Waals surface area (Å²) in [5, 5.41) is 10.6. The van der Waals surface area contributed by atoms with Gasteiger partial charge in [0.2, 0.25) is 5.91 Å². The monoisotopic (exact) mass is 268 g/mol. The lowest BCUT2D eigenvalue weighted by atomic mass is 10.2. The fraction of sp³-hybridized carbons (Fsp3) is 0.500. The molecule has 1 atom stereocenters. The zero-order chi connectivity index (χ0) is 13.1. The highest BCUT2D eigenvalue weighted by molar-refractivity contribution is 7.09. The average molecular weight is 268 g/mol. The quantitative estimate of drug-likeness (QED) is 0.807. The first kappa shape index (κ1) is 13.0. The van der Waals surface area contributed by atoms with E-state index < -0.39 is 12.0 Å². The van der Waals surface area contributed by atoms with Crippen molar-refractivity contribution in [2.75, 3.05) is 0 Å². The van der Waals surface area contributed by atoms with Gasteiger partial charge < -0.3 is 15.7 Å². The number of thiophene rings is 1. The van der Waals surface area contributed by atoms with Crippen molar-refractivity contribution in [3.05, 3.63) is 22.4 Å². The van der Waals surface area contributed by atoms with Crippen LogP contribution >= 0.6 is 11.3 Å². The first-order valence-corrected chi connectivity index (χ1v) is 6.76. The van der Waals surface area contributed by atoms with E-state index in [0.29, 0.717) is 6.54 Å². The first-order valence-electron chi connectivity index (χ1n) is 5.88.